The lowest BCUT2D eigenvalue weighted by atomic mass is 9.97. The van der Waals surface area contributed by atoms with Gasteiger partial charge >= 0.3 is 5.97 Å². The highest BCUT2D eigenvalue weighted by atomic mass is 28.4. The van der Waals surface area contributed by atoms with Crippen molar-refractivity contribution in [2.45, 2.75) is 104 Å². The summed E-state index contributed by atoms with van der Waals surface area (Å²) in [6, 6.07) is 7.91. The van der Waals surface area contributed by atoms with Gasteiger partial charge in [-0.1, -0.05) is 68.9 Å². The fraction of sp³-hybridized carbons (Fsp3) is 0.606. The smallest absolute Gasteiger partial charge is 0.311 e. The highest BCUT2D eigenvalue weighted by molar-refractivity contribution is 6.74. The molecule has 0 saturated carbocycles. The SMILES string of the molecule is COc1ccc(COC(CC=CCOC(=O)C(C)(C)C)C(C=CC2CC(C)=CCO2)O[Si](C)(C)C(C)(C)C)cc1. The molecule has 1 aromatic carbocycles. The van der Waals surface area contributed by atoms with E-state index in [2.05, 4.69) is 59.0 Å². The standard InChI is InChI=1S/C33H52O6Si/c1-25-20-22-36-28(23-25)18-19-30(39-40(9,10)33(5,6)7)29(13-11-12-21-37-31(34)32(2,3)4)38-24-26-14-16-27(35-8)17-15-26/h11-12,14-20,28-30H,13,21-24H2,1-10H3. The van der Waals surface area contributed by atoms with Gasteiger partial charge in [-0.05, 0) is 76.4 Å². The van der Waals surface area contributed by atoms with Crippen LogP contribution in [0.2, 0.25) is 18.1 Å². The van der Waals surface area contributed by atoms with Crippen molar-refractivity contribution in [1.82, 2.24) is 0 Å². The molecule has 2 rings (SSSR count). The van der Waals surface area contributed by atoms with E-state index in [0.717, 1.165) is 17.7 Å². The van der Waals surface area contributed by atoms with Crippen LogP contribution in [0.5, 0.6) is 5.75 Å². The molecule has 0 aromatic heterocycles. The molecule has 224 valence electrons. The van der Waals surface area contributed by atoms with E-state index in [9.17, 15) is 4.79 Å². The third kappa shape index (κ3) is 11.4. The number of carbonyl (C=O) groups excluding carboxylic acids is 1. The van der Waals surface area contributed by atoms with Crippen LogP contribution in [-0.4, -0.2) is 52.9 Å². The largest absolute Gasteiger partial charge is 0.497 e. The first-order chi connectivity index (χ1) is 18.6. The zero-order chi connectivity index (χ0) is 30.0. The zero-order valence-electron chi connectivity index (χ0n) is 26.4. The van der Waals surface area contributed by atoms with Crippen LogP contribution in [-0.2, 0) is 30.0 Å². The summed E-state index contributed by atoms with van der Waals surface area (Å²) < 4.78 is 30.2. The van der Waals surface area contributed by atoms with Crippen molar-refractivity contribution >= 4 is 14.3 Å². The Balaban J connectivity index is 2.28. The minimum Gasteiger partial charge on any atom is -0.497 e. The second-order valence-electron chi connectivity index (χ2n) is 13.1. The maximum absolute atomic E-state index is 12.2. The van der Waals surface area contributed by atoms with Crippen molar-refractivity contribution in [3.05, 3.63) is 65.8 Å². The normalized spacial score (nSPS) is 18.6. The highest BCUT2D eigenvalue weighted by Crippen LogP contribution is 2.38. The molecule has 6 nitrogen and oxygen atoms in total. The van der Waals surface area contributed by atoms with Gasteiger partial charge in [0.05, 0.1) is 44.1 Å². The monoisotopic (exact) mass is 572 g/mol. The van der Waals surface area contributed by atoms with Gasteiger partial charge in [-0.2, -0.15) is 0 Å². The summed E-state index contributed by atoms with van der Waals surface area (Å²) in [5, 5.41) is 0.0390. The maximum atomic E-state index is 12.2. The van der Waals surface area contributed by atoms with Crippen LogP contribution in [0.3, 0.4) is 0 Å². The lowest BCUT2D eigenvalue weighted by molar-refractivity contribution is -0.151. The Bertz CT molecular complexity index is 1010. The van der Waals surface area contributed by atoms with Crippen LogP contribution in [0.4, 0.5) is 0 Å². The summed E-state index contributed by atoms with van der Waals surface area (Å²) in [4.78, 5) is 12.2. The van der Waals surface area contributed by atoms with E-state index in [-0.39, 0.29) is 35.9 Å². The van der Waals surface area contributed by atoms with Crippen molar-refractivity contribution < 1.29 is 28.2 Å². The summed E-state index contributed by atoms with van der Waals surface area (Å²) in [7, 11) is -0.474. The van der Waals surface area contributed by atoms with Gasteiger partial charge in [0.2, 0.25) is 0 Å². The molecule has 0 spiro atoms. The zero-order valence-corrected chi connectivity index (χ0v) is 27.4. The first-order valence-corrected chi connectivity index (χ1v) is 17.2. The molecule has 0 amide bonds. The lowest BCUT2D eigenvalue weighted by Crippen LogP contribution is -2.47. The van der Waals surface area contributed by atoms with Gasteiger partial charge in [-0.3, -0.25) is 4.79 Å². The number of esters is 1. The molecule has 3 atom stereocenters. The molecule has 0 aliphatic carbocycles. The molecule has 1 aliphatic heterocycles. The Morgan fingerprint density at radius 1 is 1.10 bits per heavy atom. The van der Waals surface area contributed by atoms with Gasteiger partial charge in [-0.15, -0.1) is 0 Å². The highest BCUT2D eigenvalue weighted by Gasteiger charge is 2.40. The van der Waals surface area contributed by atoms with Crippen LogP contribution in [0.1, 0.15) is 66.9 Å². The molecule has 3 unspecified atom stereocenters. The van der Waals surface area contributed by atoms with Gasteiger partial charge in [0.1, 0.15) is 12.4 Å². The summed E-state index contributed by atoms with van der Waals surface area (Å²) in [5.41, 5.74) is 1.86. The van der Waals surface area contributed by atoms with Crippen molar-refractivity contribution in [3.8, 4) is 5.75 Å². The third-order valence-electron chi connectivity index (χ3n) is 7.47. The first kappa shape index (κ1) is 34.0. The third-order valence-corrected chi connectivity index (χ3v) is 11.9. The predicted octanol–water partition coefficient (Wildman–Crippen LogP) is 7.80. The molecule has 7 heteroatoms. The van der Waals surface area contributed by atoms with Gasteiger partial charge < -0.3 is 23.4 Å². The summed E-state index contributed by atoms with van der Waals surface area (Å²) in [6.07, 6.45) is 11.3. The topological polar surface area (TPSA) is 63.2 Å². The fourth-order valence-electron chi connectivity index (χ4n) is 3.75. The van der Waals surface area contributed by atoms with Crippen LogP contribution in [0, 0.1) is 5.41 Å². The van der Waals surface area contributed by atoms with E-state index in [0.29, 0.717) is 19.6 Å². The molecule has 1 aromatic rings. The number of benzene rings is 1. The van der Waals surface area contributed by atoms with Gasteiger partial charge in [-0.25, -0.2) is 0 Å². The van der Waals surface area contributed by atoms with Crippen molar-refractivity contribution in [2.75, 3.05) is 20.3 Å². The molecule has 0 bridgehead atoms. The van der Waals surface area contributed by atoms with Crippen LogP contribution in [0.15, 0.2) is 60.2 Å². The Kier molecular flexibility index (Phi) is 12.9. The lowest BCUT2D eigenvalue weighted by Gasteiger charge is -2.40. The second-order valence-corrected chi connectivity index (χ2v) is 17.9. The molecule has 0 saturated heterocycles. The van der Waals surface area contributed by atoms with Gasteiger partial charge in [0.25, 0.3) is 0 Å². The number of hydrogen-bond acceptors (Lipinski definition) is 6. The molecule has 0 N–H and O–H groups in total. The predicted molar refractivity (Wildman–Crippen MR) is 165 cm³/mol. The van der Waals surface area contributed by atoms with E-state index in [1.807, 2.05) is 57.2 Å². The molecular weight excluding hydrogens is 520 g/mol. The first-order valence-electron chi connectivity index (χ1n) is 14.3. The van der Waals surface area contributed by atoms with Crippen LogP contribution < -0.4 is 4.74 Å². The van der Waals surface area contributed by atoms with E-state index in [1.165, 1.54) is 5.57 Å². The number of carbonyl (C=O) groups is 1. The van der Waals surface area contributed by atoms with Crippen LogP contribution >= 0.6 is 0 Å². The average molecular weight is 573 g/mol. The Labute approximate surface area is 243 Å². The van der Waals surface area contributed by atoms with E-state index >= 15 is 0 Å². The Hall–Kier alpha value is -2.19. The van der Waals surface area contributed by atoms with Gasteiger partial charge in [0.15, 0.2) is 8.32 Å². The number of hydrogen-bond donors (Lipinski definition) is 0. The van der Waals surface area contributed by atoms with E-state index in [1.54, 1.807) is 7.11 Å². The molecule has 0 fully saturated rings. The molecule has 1 heterocycles. The molecule has 0 radical (unpaired) electrons. The Morgan fingerprint density at radius 3 is 2.35 bits per heavy atom. The summed E-state index contributed by atoms with van der Waals surface area (Å²) in [5.74, 6) is 0.593. The maximum Gasteiger partial charge on any atom is 0.311 e. The fourth-order valence-corrected chi connectivity index (χ4v) is 5.01. The second kappa shape index (κ2) is 15.2. The summed E-state index contributed by atoms with van der Waals surface area (Å²) in [6.45, 7) is 20.3. The van der Waals surface area contributed by atoms with Crippen molar-refractivity contribution in [2.24, 2.45) is 5.41 Å². The summed E-state index contributed by atoms with van der Waals surface area (Å²) >= 11 is 0. The number of ether oxygens (including phenoxy) is 4. The van der Waals surface area contributed by atoms with Crippen molar-refractivity contribution in [1.29, 1.82) is 0 Å². The average Bonchev–Trinajstić information content (AvgIpc) is 2.87. The van der Waals surface area contributed by atoms with E-state index in [4.69, 9.17) is 23.4 Å². The van der Waals surface area contributed by atoms with Crippen LogP contribution in [0.25, 0.3) is 0 Å². The van der Waals surface area contributed by atoms with E-state index < -0.39 is 13.7 Å². The van der Waals surface area contributed by atoms with Crippen molar-refractivity contribution in [3.63, 3.8) is 0 Å². The molecular formula is C33H52O6Si. The Morgan fingerprint density at radius 2 is 1.77 bits per heavy atom. The van der Waals surface area contributed by atoms with Gasteiger partial charge in [0, 0.05) is 0 Å². The minimum atomic E-state index is -2.14. The number of methoxy groups -OCH3 is 1. The quantitative estimate of drug-likeness (QED) is 0.137. The minimum absolute atomic E-state index is 0.0186. The number of rotatable bonds is 13. The molecule has 40 heavy (non-hydrogen) atoms. The molecule has 1 aliphatic rings.